The lowest BCUT2D eigenvalue weighted by molar-refractivity contribution is 1.09. The van der Waals surface area contributed by atoms with Crippen LogP contribution in [0.15, 0.2) is 30.5 Å². The van der Waals surface area contributed by atoms with Gasteiger partial charge in [0.25, 0.3) is 0 Å². The van der Waals surface area contributed by atoms with Gasteiger partial charge in [0, 0.05) is 17.9 Å². The Morgan fingerprint density at radius 3 is 2.53 bits per heavy atom. The summed E-state index contributed by atoms with van der Waals surface area (Å²) in [6.45, 7) is 0. The summed E-state index contributed by atoms with van der Waals surface area (Å²) in [4.78, 5) is 6.99. The molecule has 0 saturated carbocycles. The van der Waals surface area contributed by atoms with Crippen molar-refractivity contribution in [2.24, 2.45) is 5.73 Å². The Bertz CT molecular complexity index is 546. The summed E-state index contributed by atoms with van der Waals surface area (Å²) < 4.78 is 0. The standard InChI is InChI=1S/C13H17N5S/c14-12(15)19-6-5-9-1-3-10(4-2-9)7-11-8-17-13(16)18-11/h1-4,8H,5-7H2,(H3,14,15)(H3,16,17,18). The largest absolute Gasteiger partial charge is 0.379 e. The summed E-state index contributed by atoms with van der Waals surface area (Å²) in [5, 5.41) is 7.32. The number of hydrogen-bond acceptors (Lipinski definition) is 4. The molecule has 0 amide bonds. The van der Waals surface area contributed by atoms with E-state index in [0.29, 0.717) is 5.95 Å². The summed E-state index contributed by atoms with van der Waals surface area (Å²) in [5.41, 5.74) is 14.3. The lowest BCUT2D eigenvalue weighted by atomic mass is 10.1. The molecule has 0 aliphatic heterocycles. The third kappa shape index (κ3) is 4.33. The van der Waals surface area contributed by atoms with Crippen molar-refractivity contribution in [3.63, 3.8) is 0 Å². The zero-order chi connectivity index (χ0) is 13.7. The average molecular weight is 275 g/mol. The fourth-order valence-corrected chi connectivity index (χ4v) is 2.35. The van der Waals surface area contributed by atoms with E-state index in [-0.39, 0.29) is 5.17 Å². The number of nitrogens with two attached hydrogens (primary N) is 2. The van der Waals surface area contributed by atoms with Gasteiger partial charge in [0.15, 0.2) is 11.1 Å². The second kappa shape index (κ2) is 6.29. The zero-order valence-electron chi connectivity index (χ0n) is 10.5. The molecule has 19 heavy (non-hydrogen) atoms. The Labute approximate surface area is 116 Å². The highest BCUT2D eigenvalue weighted by Gasteiger charge is 2.00. The maximum Gasteiger partial charge on any atom is 0.197 e. The predicted molar refractivity (Wildman–Crippen MR) is 80.3 cm³/mol. The second-order valence-corrected chi connectivity index (χ2v) is 5.39. The maximum absolute atomic E-state index is 7.14. The van der Waals surface area contributed by atoms with Crippen LogP contribution in [0.1, 0.15) is 16.8 Å². The van der Waals surface area contributed by atoms with Gasteiger partial charge in [-0.25, -0.2) is 4.98 Å². The van der Waals surface area contributed by atoms with E-state index in [4.69, 9.17) is 16.9 Å². The van der Waals surface area contributed by atoms with Crippen molar-refractivity contribution in [1.82, 2.24) is 9.97 Å². The van der Waals surface area contributed by atoms with Crippen LogP contribution < -0.4 is 11.5 Å². The topological polar surface area (TPSA) is 105 Å². The number of aromatic amines is 1. The van der Waals surface area contributed by atoms with Gasteiger partial charge in [-0.1, -0.05) is 36.0 Å². The minimum Gasteiger partial charge on any atom is -0.379 e. The molecule has 0 atom stereocenters. The summed E-state index contributed by atoms with van der Waals surface area (Å²) >= 11 is 1.37. The molecule has 0 aliphatic rings. The third-order valence-corrected chi connectivity index (χ3v) is 3.43. The molecular formula is C13H17N5S. The normalized spacial score (nSPS) is 10.5. The number of nitrogens with one attached hydrogen (secondary N) is 2. The fourth-order valence-electron chi connectivity index (χ4n) is 1.79. The number of hydrogen-bond donors (Lipinski definition) is 4. The number of thioether (sulfide) groups is 1. The van der Waals surface area contributed by atoms with E-state index in [1.807, 2.05) is 0 Å². The number of aryl methyl sites for hydroxylation is 1. The van der Waals surface area contributed by atoms with Gasteiger partial charge < -0.3 is 16.5 Å². The molecule has 1 aromatic carbocycles. The van der Waals surface area contributed by atoms with Crippen LogP contribution >= 0.6 is 11.8 Å². The van der Waals surface area contributed by atoms with Crippen LogP contribution in [0.2, 0.25) is 0 Å². The Kier molecular flexibility index (Phi) is 4.46. The third-order valence-electron chi connectivity index (χ3n) is 2.71. The van der Waals surface area contributed by atoms with Crippen LogP contribution in [0, 0.1) is 5.41 Å². The lowest BCUT2D eigenvalue weighted by Gasteiger charge is -2.03. The number of nitrogens with zero attached hydrogens (tertiary/aromatic N) is 1. The van der Waals surface area contributed by atoms with Crippen molar-refractivity contribution in [3.05, 3.63) is 47.3 Å². The second-order valence-electron chi connectivity index (χ2n) is 4.25. The van der Waals surface area contributed by atoms with Gasteiger partial charge in [0.1, 0.15) is 0 Å². The smallest absolute Gasteiger partial charge is 0.197 e. The number of benzene rings is 1. The first-order valence-corrected chi connectivity index (χ1v) is 6.96. The highest BCUT2D eigenvalue weighted by molar-refractivity contribution is 8.13. The number of imidazole rings is 1. The molecule has 2 rings (SSSR count). The predicted octanol–water partition coefficient (Wildman–Crippen LogP) is 1.75. The highest BCUT2D eigenvalue weighted by Crippen LogP contribution is 2.12. The van der Waals surface area contributed by atoms with Gasteiger partial charge in [0.2, 0.25) is 0 Å². The first-order chi connectivity index (χ1) is 9.13. The average Bonchev–Trinajstić information content (AvgIpc) is 2.77. The number of amidine groups is 1. The molecule has 1 heterocycles. The Morgan fingerprint density at radius 2 is 1.95 bits per heavy atom. The number of nitrogen functional groups attached to an aromatic ring is 1. The fraction of sp³-hybridized carbons (Fsp3) is 0.231. The number of rotatable bonds is 5. The van der Waals surface area contributed by atoms with Gasteiger partial charge in [-0.15, -0.1) is 0 Å². The summed E-state index contributed by atoms with van der Waals surface area (Å²) in [7, 11) is 0. The minimum atomic E-state index is 0.174. The maximum atomic E-state index is 7.14. The molecule has 0 fully saturated rings. The van der Waals surface area contributed by atoms with Crippen LogP contribution in [0.4, 0.5) is 5.95 Å². The van der Waals surface area contributed by atoms with Gasteiger partial charge in [-0.2, -0.15) is 0 Å². The Morgan fingerprint density at radius 1 is 1.26 bits per heavy atom. The lowest BCUT2D eigenvalue weighted by Crippen LogP contribution is -2.05. The van der Waals surface area contributed by atoms with E-state index in [1.54, 1.807) is 6.20 Å². The van der Waals surface area contributed by atoms with Crippen molar-refractivity contribution in [2.45, 2.75) is 12.8 Å². The molecule has 1 aromatic heterocycles. The van der Waals surface area contributed by atoms with Crippen LogP contribution in [0.3, 0.4) is 0 Å². The van der Waals surface area contributed by atoms with E-state index in [1.165, 1.54) is 22.9 Å². The van der Waals surface area contributed by atoms with Crippen molar-refractivity contribution < 1.29 is 0 Å². The van der Waals surface area contributed by atoms with E-state index < -0.39 is 0 Å². The van der Waals surface area contributed by atoms with Crippen molar-refractivity contribution in [3.8, 4) is 0 Å². The molecule has 6 heteroatoms. The highest BCUT2D eigenvalue weighted by atomic mass is 32.2. The van der Waals surface area contributed by atoms with E-state index in [9.17, 15) is 0 Å². The van der Waals surface area contributed by atoms with Gasteiger partial charge in [-0.3, -0.25) is 5.41 Å². The van der Waals surface area contributed by atoms with Crippen molar-refractivity contribution in [1.29, 1.82) is 5.41 Å². The molecule has 2 aromatic rings. The zero-order valence-corrected chi connectivity index (χ0v) is 11.3. The molecular weight excluding hydrogens is 258 g/mol. The molecule has 6 N–H and O–H groups in total. The monoisotopic (exact) mass is 275 g/mol. The summed E-state index contributed by atoms with van der Waals surface area (Å²) in [6, 6.07) is 8.42. The van der Waals surface area contributed by atoms with Crippen LogP contribution in [-0.4, -0.2) is 20.9 Å². The molecule has 100 valence electrons. The summed E-state index contributed by atoms with van der Waals surface area (Å²) in [6.07, 6.45) is 3.47. The van der Waals surface area contributed by atoms with E-state index >= 15 is 0 Å². The molecule has 0 bridgehead atoms. The molecule has 0 radical (unpaired) electrons. The number of H-pyrrole nitrogens is 1. The van der Waals surface area contributed by atoms with Crippen molar-refractivity contribution in [2.75, 3.05) is 11.5 Å². The van der Waals surface area contributed by atoms with E-state index in [0.717, 1.165) is 24.3 Å². The molecule has 0 unspecified atom stereocenters. The van der Waals surface area contributed by atoms with E-state index in [2.05, 4.69) is 34.2 Å². The van der Waals surface area contributed by atoms with Gasteiger partial charge in [-0.05, 0) is 17.5 Å². The molecule has 0 saturated heterocycles. The Balaban J connectivity index is 1.89. The number of anilines is 1. The summed E-state index contributed by atoms with van der Waals surface area (Å²) in [5.74, 6) is 1.29. The van der Waals surface area contributed by atoms with Gasteiger partial charge >= 0.3 is 0 Å². The van der Waals surface area contributed by atoms with Crippen LogP contribution in [-0.2, 0) is 12.8 Å². The van der Waals surface area contributed by atoms with Crippen LogP contribution in [0.5, 0.6) is 0 Å². The van der Waals surface area contributed by atoms with Crippen LogP contribution in [0.25, 0.3) is 0 Å². The quantitative estimate of drug-likeness (QED) is 0.493. The molecule has 0 spiro atoms. The SMILES string of the molecule is N=C(N)SCCc1ccc(Cc2cnc(N)[nH]2)cc1. The molecule has 5 nitrogen and oxygen atoms in total. The minimum absolute atomic E-state index is 0.174. The van der Waals surface area contributed by atoms with Gasteiger partial charge in [0.05, 0.1) is 6.20 Å². The first kappa shape index (κ1) is 13.5. The molecule has 0 aliphatic carbocycles. The Hall–Kier alpha value is -1.95. The number of aromatic nitrogens is 2. The van der Waals surface area contributed by atoms with Crippen molar-refractivity contribution >= 4 is 22.9 Å². The first-order valence-electron chi connectivity index (χ1n) is 5.97.